The van der Waals surface area contributed by atoms with Crippen molar-refractivity contribution in [2.45, 2.75) is 32.7 Å². The molecule has 0 spiro atoms. The number of esters is 1. The maximum atomic E-state index is 13.9. The number of halogens is 2. The van der Waals surface area contributed by atoms with Gasteiger partial charge in [0.05, 0.1) is 18.2 Å². The first-order chi connectivity index (χ1) is 10.4. The minimum atomic E-state index is -0.829. The normalized spacial score (nSPS) is 15.8. The molecule has 0 atom stereocenters. The topological polar surface area (TPSA) is 58.9 Å². The van der Waals surface area contributed by atoms with Gasteiger partial charge < -0.3 is 9.84 Å². The van der Waals surface area contributed by atoms with Gasteiger partial charge in [-0.25, -0.2) is 13.6 Å². The number of rotatable bonds is 5. The van der Waals surface area contributed by atoms with Gasteiger partial charge in [0.15, 0.2) is 0 Å². The number of hydrogen-bond acceptors (Lipinski definition) is 4. The van der Waals surface area contributed by atoms with Crippen molar-refractivity contribution in [2.24, 2.45) is 4.99 Å². The molecule has 0 bridgehead atoms. The molecule has 0 unspecified atom stereocenters. The van der Waals surface area contributed by atoms with Gasteiger partial charge in [-0.3, -0.25) is 4.99 Å². The zero-order chi connectivity index (χ0) is 16.3. The fraction of sp³-hybridized carbons (Fsp3) is 0.375. The summed E-state index contributed by atoms with van der Waals surface area (Å²) in [5.74, 6) is -3.01. The number of aliphatic hydroxyl groups is 1. The van der Waals surface area contributed by atoms with Gasteiger partial charge in [-0.05, 0) is 44.4 Å². The smallest absolute Gasteiger partial charge is 0.343 e. The highest BCUT2D eigenvalue weighted by Crippen LogP contribution is 2.25. The van der Waals surface area contributed by atoms with Crippen LogP contribution in [0.25, 0.3) is 5.76 Å². The molecule has 4 nitrogen and oxygen atoms in total. The molecule has 6 heteroatoms. The van der Waals surface area contributed by atoms with Gasteiger partial charge in [-0.2, -0.15) is 0 Å². The monoisotopic (exact) mass is 309 g/mol. The minimum absolute atomic E-state index is 0.0949. The molecule has 1 aliphatic carbocycles. The van der Waals surface area contributed by atoms with E-state index in [2.05, 4.69) is 4.99 Å². The van der Waals surface area contributed by atoms with Gasteiger partial charge in [0.25, 0.3) is 0 Å². The van der Waals surface area contributed by atoms with E-state index in [1.54, 1.807) is 6.92 Å². The fourth-order valence-electron chi connectivity index (χ4n) is 1.80. The third-order valence-corrected chi connectivity index (χ3v) is 3.22. The second-order valence-corrected chi connectivity index (χ2v) is 5.07. The number of benzene rings is 1. The summed E-state index contributed by atoms with van der Waals surface area (Å²) in [5, 5.41) is 10.2. The van der Waals surface area contributed by atoms with Crippen LogP contribution < -0.4 is 0 Å². The quantitative estimate of drug-likeness (QED) is 0.393. The van der Waals surface area contributed by atoms with Crippen molar-refractivity contribution in [3.63, 3.8) is 0 Å². The molecular weight excluding hydrogens is 292 g/mol. The summed E-state index contributed by atoms with van der Waals surface area (Å²) in [6.45, 7) is 3.11. The summed E-state index contributed by atoms with van der Waals surface area (Å²) in [6.07, 6.45) is 2.98. The SMILES string of the molecule is CCOC(=O)C(C=NC1CC1)=C(O)c1cc(F)c(C)cc1F. The number of aliphatic imine (C=N–C) groups is 1. The van der Waals surface area contributed by atoms with E-state index in [1.807, 2.05) is 0 Å². The van der Waals surface area contributed by atoms with Gasteiger partial charge in [-0.1, -0.05) is 0 Å². The first-order valence-electron chi connectivity index (χ1n) is 7.03. The average molecular weight is 309 g/mol. The minimum Gasteiger partial charge on any atom is -0.506 e. The van der Waals surface area contributed by atoms with Gasteiger partial charge in [0.1, 0.15) is 23.0 Å². The Morgan fingerprint density at radius 1 is 1.41 bits per heavy atom. The van der Waals surface area contributed by atoms with Crippen molar-refractivity contribution in [2.75, 3.05) is 6.61 Å². The first-order valence-corrected chi connectivity index (χ1v) is 7.03. The van der Waals surface area contributed by atoms with E-state index in [9.17, 15) is 18.7 Å². The zero-order valence-electron chi connectivity index (χ0n) is 12.4. The van der Waals surface area contributed by atoms with Crippen molar-refractivity contribution in [1.29, 1.82) is 0 Å². The number of hydrogen-bond donors (Lipinski definition) is 1. The van der Waals surface area contributed by atoms with Crippen LogP contribution in [-0.2, 0) is 9.53 Å². The standard InChI is InChI=1S/C16H17F2NO3/c1-3-22-16(21)12(8-19-10-4-5-10)15(20)11-7-13(17)9(2)6-14(11)18/h6-8,10,20H,3-5H2,1-2H3. The van der Waals surface area contributed by atoms with E-state index in [4.69, 9.17) is 4.74 Å². The predicted octanol–water partition coefficient (Wildman–Crippen LogP) is 3.34. The van der Waals surface area contributed by atoms with Gasteiger partial charge >= 0.3 is 5.97 Å². The largest absolute Gasteiger partial charge is 0.506 e. The number of carbonyl (C=O) groups is 1. The van der Waals surface area contributed by atoms with Crippen LogP contribution >= 0.6 is 0 Å². The number of nitrogens with zero attached hydrogens (tertiary/aromatic N) is 1. The Bertz CT molecular complexity index is 649. The Labute approximate surface area is 127 Å². The number of ether oxygens (including phenoxy) is 1. The van der Waals surface area contributed by atoms with Crippen LogP contribution in [0.4, 0.5) is 8.78 Å². The van der Waals surface area contributed by atoms with Crippen LogP contribution in [0, 0.1) is 18.6 Å². The second-order valence-electron chi connectivity index (χ2n) is 5.07. The second kappa shape index (κ2) is 6.68. The molecule has 0 amide bonds. The van der Waals surface area contributed by atoms with Crippen LogP contribution in [0.5, 0.6) is 0 Å². The van der Waals surface area contributed by atoms with Crippen LogP contribution in [0.2, 0.25) is 0 Å². The number of aryl methyl sites for hydroxylation is 1. The van der Waals surface area contributed by atoms with Crippen LogP contribution in [0.15, 0.2) is 22.7 Å². The van der Waals surface area contributed by atoms with E-state index in [0.717, 1.165) is 25.0 Å². The molecule has 0 radical (unpaired) electrons. The summed E-state index contributed by atoms with van der Waals surface area (Å²) in [7, 11) is 0. The molecule has 0 aromatic heterocycles. The molecule has 0 aliphatic heterocycles. The maximum Gasteiger partial charge on any atom is 0.343 e. The zero-order valence-corrected chi connectivity index (χ0v) is 12.4. The van der Waals surface area contributed by atoms with E-state index in [1.165, 1.54) is 13.1 Å². The number of carbonyl (C=O) groups excluding carboxylic acids is 1. The Kier molecular flexibility index (Phi) is 4.90. The lowest BCUT2D eigenvalue weighted by molar-refractivity contribution is -0.137. The maximum absolute atomic E-state index is 13.9. The van der Waals surface area contributed by atoms with Crippen LogP contribution in [0.1, 0.15) is 30.9 Å². The summed E-state index contributed by atoms with van der Waals surface area (Å²) in [5.41, 5.74) is -0.567. The van der Waals surface area contributed by atoms with E-state index >= 15 is 0 Å². The molecule has 1 N–H and O–H groups in total. The molecule has 118 valence electrons. The molecule has 1 saturated carbocycles. The van der Waals surface area contributed by atoms with Crippen molar-refractivity contribution >= 4 is 17.9 Å². The fourth-order valence-corrected chi connectivity index (χ4v) is 1.80. The highest BCUT2D eigenvalue weighted by molar-refractivity contribution is 6.15. The summed E-state index contributed by atoms with van der Waals surface area (Å²) < 4.78 is 32.4. The molecule has 22 heavy (non-hydrogen) atoms. The van der Waals surface area contributed by atoms with Crippen molar-refractivity contribution in [3.05, 3.63) is 40.5 Å². The third kappa shape index (κ3) is 3.69. The van der Waals surface area contributed by atoms with Crippen LogP contribution in [0.3, 0.4) is 0 Å². The predicted molar refractivity (Wildman–Crippen MR) is 78.8 cm³/mol. The van der Waals surface area contributed by atoms with Gasteiger partial charge in [0, 0.05) is 6.21 Å². The molecule has 0 saturated heterocycles. The van der Waals surface area contributed by atoms with E-state index in [-0.39, 0.29) is 23.8 Å². The van der Waals surface area contributed by atoms with E-state index < -0.39 is 28.9 Å². The highest BCUT2D eigenvalue weighted by Gasteiger charge is 2.23. The molecule has 1 aliphatic rings. The van der Waals surface area contributed by atoms with E-state index in [0.29, 0.717) is 0 Å². The van der Waals surface area contributed by atoms with Crippen LogP contribution in [-0.4, -0.2) is 29.9 Å². The Balaban J connectivity index is 2.47. The highest BCUT2D eigenvalue weighted by atomic mass is 19.1. The Morgan fingerprint density at radius 3 is 2.68 bits per heavy atom. The number of aliphatic hydroxyl groups excluding tert-OH is 1. The lowest BCUT2D eigenvalue weighted by Crippen LogP contribution is -2.12. The summed E-state index contributed by atoms with van der Waals surface area (Å²) in [4.78, 5) is 16.0. The molecule has 1 aromatic carbocycles. The summed E-state index contributed by atoms with van der Waals surface area (Å²) >= 11 is 0. The van der Waals surface area contributed by atoms with Crippen molar-refractivity contribution in [3.8, 4) is 0 Å². The Morgan fingerprint density at radius 2 is 2.09 bits per heavy atom. The molecular formula is C16H17F2NO3. The molecule has 1 fully saturated rings. The average Bonchev–Trinajstić information content (AvgIpc) is 3.27. The lowest BCUT2D eigenvalue weighted by Gasteiger charge is -2.09. The summed E-state index contributed by atoms with van der Waals surface area (Å²) in [6, 6.07) is 1.92. The third-order valence-electron chi connectivity index (χ3n) is 3.22. The molecule has 0 heterocycles. The van der Waals surface area contributed by atoms with Crippen molar-refractivity contribution in [1.82, 2.24) is 0 Å². The molecule has 1 aromatic rings. The van der Waals surface area contributed by atoms with Gasteiger partial charge in [-0.15, -0.1) is 0 Å². The van der Waals surface area contributed by atoms with Gasteiger partial charge in [0.2, 0.25) is 0 Å². The first kappa shape index (κ1) is 16.1. The Hall–Kier alpha value is -2.24. The molecule has 2 rings (SSSR count). The van der Waals surface area contributed by atoms with Crippen molar-refractivity contribution < 1.29 is 23.4 Å². The lowest BCUT2D eigenvalue weighted by atomic mass is 10.1.